The molecule has 192 valence electrons. The Kier molecular flexibility index (Phi) is 6.90. The summed E-state index contributed by atoms with van der Waals surface area (Å²) in [5.41, 5.74) is 6.75. The van der Waals surface area contributed by atoms with Crippen LogP contribution >= 0.6 is 0 Å². The van der Waals surface area contributed by atoms with Crippen molar-refractivity contribution in [3.05, 3.63) is 58.7 Å². The van der Waals surface area contributed by atoms with Crippen LogP contribution in [0.3, 0.4) is 0 Å². The number of nitrogens with zero attached hydrogens (tertiary/aromatic N) is 1. The summed E-state index contributed by atoms with van der Waals surface area (Å²) < 4.78 is 27.7. The van der Waals surface area contributed by atoms with Crippen molar-refractivity contribution in [2.45, 2.75) is 30.8 Å². The SMILES string of the molecule is COc1ccc(CC23OC(=O)C(=O)ON2CCc2cc(C(CC(N)=O)(OC)OC)ccc23)cc1OC. The molecule has 2 aromatic rings. The van der Waals surface area contributed by atoms with E-state index in [0.29, 0.717) is 29.0 Å². The number of fused-ring (bicyclic) bond motifs is 3. The highest BCUT2D eigenvalue weighted by Gasteiger charge is 2.54. The minimum atomic E-state index is -1.43. The number of primary amides is 1. The fourth-order valence-corrected chi connectivity index (χ4v) is 4.79. The average Bonchev–Trinajstić information content (AvgIpc) is 2.87. The molecule has 1 unspecified atom stereocenters. The first kappa shape index (κ1) is 25.4. The number of hydrogen-bond donors (Lipinski definition) is 1. The molecule has 0 saturated carbocycles. The molecule has 2 aromatic carbocycles. The van der Waals surface area contributed by atoms with Gasteiger partial charge in [0.2, 0.25) is 17.4 Å². The fourth-order valence-electron chi connectivity index (χ4n) is 4.79. The zero-order chi connectivity index (χ0) is 26.1. The summed E-state index contributed by atoms with van der Waals surface area (Å²) in [4.78, 5) is 41.6. The maximum Gasteiger partial charge on any atom is 0.436 e. The molecular weight excluding hydrogens is 472 g/mol. The van der Waals surface area contributed by atoms with Crippen LogP contribution < -0.4 is 15.2 Å². The van der Waals surface area contributed by atoms with Gasteiger partial charge < -0.3 is 34.3 Å². The number of hydrogen-bond acceptors (Lipinski definition) is 10. The van der Waals surface area contributed by atoms with Gasteiger partial charge in [0.1, 0.15) is 0 Å². The second kappa shape index (κ2) is 9.76. The zero-order valence-electron chi connectivity index (χ0n) is 20.5. The van der Waals surface area contributed by atoms with E-state index in [1.165, 1.54) is 33.5 Å². The van der Waals surface area contributed by atoms with Crippen molar-refractivity contribution in [2.24, 2.45) is 5.73 Å². The Morgan fingerprint density at radius 1 is 1.03 bits per heavy atom. The van der Waals surface area contributed by atoms with Crippen molar-refractivity contribution in [1.29, 1.82) is 0 Å². The number of carbonyl (C=O) groups excluding carboxylic acids is 3. The van der Waals surface area contributed by atoms with Crippen LogP contribution in [-0.2, 0) is 57.8 Å². The van der Waals surface area contributed by atoms with Gasteiger partial charge in [-0.15, -0.1) is 0 Å². The molecule has 11 heteroatoms. The molecule has 0 aliphatic carbocycles. The van der Waals surface area contributed by atoms with Gasteiger partial charge in [-0.3, -0.25) is 4.79 Å². The Hall–Kier alpha value is -3.67. The number of benzene rings is 2. The third kappa shape index (κ3) is 4.25. The van der Waals surface area contributed by atoms with Crippen LogP contribution in [0.2, 0.25) is 0 Å². The molecule has 1 fully saturated rings. The van der Waals surface area contributed by atoms with E-state index in [4.69, 9.17) is 34.3 Å². The summed E-state index contributed by atoms with van der Waals surface area (Å²) >= 11 is 0. The number of rotatable bonds is 9. The molecule has 11 nitrogen and oxygen atoms in total. The highest BCUT2D eigenvalue weighted by atomic mass is 16.8. The number of esters is 1. The minimum Gasteiger partial charge on any atom is -0.493 e. The van der Waals surface area contributed by atoms with E-state index in [9.17, 15) is 14.4 Å². The molecule has 2 N–H and O–H groups in total. The quantitative estimate of drug-likeness (QED) is 0.305. The van der Waals surface area contributed by atoms with Gasteiger partial charge in [-0.25, -0.2) is 9.59 Å². The van der Waals surface area contributed by atoms with Crippen LogP contribution in [-0.4, -0.2) is 57.9 Å². The molecule has 0 bridgehead atoms. The predicted octanol–water partition coefficient (Wildman–Crippen LogP) is 1.29. The Bertz CT molecular complexity index is 1190. The Morgan fingerprint density at radius 2 is 1.75 bits per heavy atom. The van der Waals surface area contributed by atoms with E-state index in [1.54, 1.807) is 24.3 Å². The van der Waals surface area contributed by atoms with Crippen LogP contribution in [0.4, 0.5) is 0 Å². The van der Waals surface area contributed by atoms with Crippen LogP contribution in [0.15, 0.2) is 36.4 Å². The van der Waals surface area contributed by atoms with E-state index in [0.717, 1.165) is 11.1 Å². The number of ether oxygens (including phenoxy) is 5. The van der Waals surface area contributed by atoms with Crippen LogP contribution in [0, 0.1) is 0 Å². The van der Waals surface area contributed by atoms with Gasteiger partial charge in [0, 0.05) is 38.3 Å². The standard InChI is InChI=1S/C25H28N2O9/c1-31-19-8-5-15(11-20(19)32-2)13-24-18-7-6-17(25(33-3,34-4)14-21(26)28)12-16(18)9-10-27(24)36-23(30)22(29)35-24/h5-8,11-12H,9-10,13-14H2,1-4H3,(H2,26,28). The zero-order valence-corrected chi connectivity index (χ0v) is 20.5. The largest absolute Gasteiger partial charge is 0.493 e. The van der Waals surface area contributed by atoms with Crippen LogP contribution in [0.1, 0.15) is 28.7 Å². The number of nitrogens with two attached hydrogens (primary N) is 1. The van der Waals surface area contributed by atoms with Crippen molar-refractivity contribution >= 4 is 17.8 Å². The molecule has 2 aliphatic heterocycles. The molecule has 4 rings (SSSR count). The molecule has 0 spiro atoms. The third-order valence-corrected chi connectivity index (χ3v) is 6.53. The first-order valence-electron chi connectivity index (χ1n) is 11.2. The lowest BCUT2D eigenvalue weighted by Crippen LogP contribution is -2.60. The predicted molar refractivity (Wildman–Crippen MR) is 123 cm³/mol. The maximum atomic E-state index is 12.5. The van der Waals surface area contributed by atoms with Gasteiger partial charge >= 0.3 is 11.9 Å². The van der Waals surface area contributed by atoms with Gasteiger partial charge in [-0.1, -0.05) is 23.3 Å². The third-order valence-electron chi connectivity index (χ3n) is 6.53. The van der Waals surface area contributed by atoms with Crippen molar-refractivity contribution in [3.63, 3.8) is 0 Å². The Labute approximate surface area is 207 Å². The maximum absolute atomic E-state index is 12.5. The number of methoxy groups -OCH3 is 4. The van der Waals surface area contributed by atoms with Gasteiger partial charge in [0.25, 0.3) is 0 Å². The average molecular weight is 501 g/mol. The molecule has 36 heavy (non-hydrogen) atoms. The second-order valence-corrected chi connectivity index (χ2v) is 8.45. The van der Waals surface area contributed by atoms with E-state index >= 15 is 0 Å². The van der Waals surface area contributed by atoms with Gasteiger partial charge in [-0.2, -0.15) is 0 Å². The number of amides is 1. The van der Waals surface area contributed by atoms with Crippen LogP contribution in [0.25, 0.3) is 0 Å². The highest BCUT2D eigenvalue weighted by Crippen LogP contribution is 2.44. The lowest BCUT2D eigenvalue weighted by atomic mass is 9.84. The van der Waals surface area contributed by atoms with Gasteiger partial charge in [-0.05, 0) is 35.7 Å². The molecule has 2 heterocycles. The molecule has 0 aromatic heterocycles. The lowest BCUT2D eigenvalue weighted by molar-refractivity contribution is -0.317. The minimum absolute atomic E-state index is 0.152. The topological polar surface area (TPSA) is 136 Å². The number of hydroxylamine groups is 2. The molecule has 0 radical (unpaired) electrons. The van der Waals surface area contributed by atoms with Gasteiger partial charge in [0.05, 0.1) is 20.6 Å². The second-order valence-electron chi connectivity index (χ2n) is 8.45. The van der Waals surface area contributed by atoms with Gasteiger partial charge in [0.15, 0.2) is 11.5 Å². The summed E-state index contributed by atoms with van der Waals surface area (Å²) in [7, 11) is 5.91. The Balaban J connectivity index is 1.83. The molecule has 1 saturated heterocycles. The Morgan fingerprint density at radius 3 is 2.39 bits per heavy atom. The normalized spacial score (nSPS) is 19.6. The first-order valence-corrected chi connectivity index (χ1v) is 11.2. The summed E-state index contributed by atoms with van der Waals surface area (Å²) in [6.45, 7) is 0.256. The van der Waals surface area contributed by atoms with E-state index < -0.39 is 29.4 Å². The first-order chi connectivity index (χ1) is 17.2. The summed E-state index contributed by atoms with van der Waals surface area (Å²) in [5, 5.41) is 1.39. The van der Waals surface area contributed by atoms with E-state index in [2.05, 4.69) is 0 Å². The smallest absolute Gasteiger partial charge is 0.436 e. The molecule has 2 aliphatic rings. The summed E-state index contributed by atoms with van der Waals surface area (Å²) in [6.07, 6.45) is 0.412. The monoisotopic (exact) mass is 500 g/mol. The van der Waals surface area contributed by atoms with E-state index in [1.807, 2.05) is 12.1 Å². The van der Waals surface area contributed by atoms with Crippen molar-refractivity contribution in [2.75, 3.05) is 35.0 Å². The van der Waals surface area contributed by atoms with Crippen molar-refractivity contribution in [3.8, 4) is 11.5 Å². The number of carbonyl (C=O) groups is 3. The highest BCUT2D eigenvalue weighted by molar-refractivity contribution is 6.30. The molecule has 1 atom stereocenters. The fraction of sp³-hybridized carbons (Fsp3) is 0.400. The molecule has 1 amide bonds. The lowest BCUT2D eigenvalue weighted by Gasteiger charge is -2.47. The van der Waals surface area contributed by atoms with Crippen molar-refractivity contribution < 1.29 is 42.9 Å². The van der Waals surface area contributed by atoms with Crippen LogP contribution in [0.5, 0.6) is 11.5 Å². The summed E-state index contributed by atoms with van der Waals surface area (Å²) in [6, 6.07) is 10.6. The molecular formula is C25H28N2O9. The van der Waals surface area contributed by atoms with Crippen molar-refractivity contribution in [1.82, 2.24) is 5.06 Å². The summed E-state index contributed by atoms with van der Waals surface area (Å²) in [5.74, 6) is -3.12. The van der Waals surface area contributed by atoms with E-state index in [-0.39, 0.29) is 19.4 Å².